The summed E-state index contributed by atoms with van der Waals surface area (Å²) in [6, 6.07) is 2.55. The molecule has 0 bridgehead atoms. The highest BCUT2D eigenvalue weighted by molar-refractivity contribution is 5.34. The topological polar surface area (TPSA) is 12.0 Å². The van der Waals surface area contributed by atoms with Gasteiger partial charge in [-0.1, -0.05) is 30.7 Å². The standard InChI is InChI=1S/C14H18F5N/c1-4-7-20-12(13(15,16)14(17,18)19)11-8-9(2)5-6-10(11)3/h5-6,8,12,20H,4,7H2,1-3H3. The van der Waals surface area contributed by atoms with Crippen molar-refractivity contribution in [3.63, 3.8) is 0 Å². The van der Waals surface area contributed by atoms with Gasteiger partial charge in [0.1, 0.15) is 6.04 Å². The van der Waals surface area contributed by atoms with E-state index in [9.17, 15) is 22.0 Å². The van der Waals surface area contributed by atoms with E-state index in [4.69, 9.17) is 0 Å². The van der Waals surface area contributed by atoms with Gasteiger partial charge >= 0.3 is 12.1 Å². The van der Waals surface area contributed by atoms with Gasteiger partial charge in [-0.05, 0) is 37.9 Å². The molecular formula is C14H18F5N. The molecule has 0 amide bonds. The minimum absolute atomic E-state index is 0.0132. The van der Waals surface area contributed by atoms with Crippen LogP contribution in [0.25, 0.3) is 0 Å². The Morgan fingerprint density at radius 2 is 1.70 bits per heavy atom. The molecule has 6 heteroatoms. The highest BCUT2D eigenvalue weighted by atomic mass is 19.4. The number of nitrogens with one attached hydrogen (secondary N) is 1. The average Bonchev–Trinajstić information content (AvgIpc) is 2.32. The molecule has 20 heavy (non-hydrogen) atoms. The van der Waals surface area contributed by atoms with E-state index in [2.05, 4.69) is 5.32 Å². The highest BCUT2D eigenvalue weighted by Gasteiger charge is 2.62. The van der Waals surface area contributed by atoms with Crippen LogP contribution in [-0.2, 0) is 0 Å². The molecule has 0 aliphatic carbocycles. The number of rotatable bonds is 5. The van der Waals surface area contributed by atoms with Gasteiger partial charge in [-0.15, -0.1) is 0 Å². The lowest BCUT2D eigenvalue weighted by Gasteiger charge is -2.31. The van der Waals surface area contributed by atoms with Gasteiger partial charge in [-0.2, -0.15) is 22.0 Å². The van der Waals surface area contributed by atoms with Crippen LogP contribution < -0.4 is 5.32 Å². The summed E-state index contributed by atoms with van der Waals surface area (Å²) in [5, 5.41) is 2.33. The molecule has 0 aliphatic rings. The molecule has 1 nitrogen and oxygen atoms in total. The number of aryl methyl sites for hydroxylation is 2. The molecule has 1 aromatic carbocycles. The van der Waals surface area contributed by atoms with Crippen molar-refractivity contribution in [2.24, 2.45) is 0 Å². The van der Waals surface area contributed by atoms with E-state index < -0.39 is 18.1 Å². The molecule has 0 aliphatic heterocycles. The first kappa shape index (κ1) is 16.9. The third-order valence-corrected chi connectivity index (χ3v) is 3.08. The lowest BCUT2D eigenvalue weighted by atomic mass is 9.94. The van der Waals surface area contributed by atoms with Crippen LogP contribution in [0.5, 0.6) is 0 Å². The molecule has 1 unspecified atom stereocenters. The van der Waals surface area contributed by atoms with Gasteiger partial charge in [0.25, 0.3) is 0 Å². The second kappa shape index (κ2) is 6.08. The smallest absolute Gasteiger partial charge is 0.305 e. The first-order valence-corrected chi connectivity index (χ1v) is 6.36. The summed E-state index contributed by atoms with van der Waals surface area (Å²) in [4.78, 5) is 0. The SMILES string of the molecule is CCCNC(c1cc(C)ccc1C)C(F)(F)C(F)(F)F. The first-order valence-electron chi connectivity index (χ1n) is 6.36. The zero-order chi connectivity index (χ0) is 15.6. The summed E-state index contributed by atoms with van der Waals surface area (Å²) < 4.78 is 65.4. The number of alkyl halides is 5. The molecule has 1 aromatic rings. The van der Waals surface area contributed by atoms with Gasteiger partial charge in [0.05, 0.1) is 0 Å². The molecule has 1 atom stereocenters. The van der Waals surface area contributed by atoms with E-state index in [1.54, 1.807) is 26.0 Å². The van der Waals surface area contributed by atoms with Gasteiger partial charge in [-0.25, -0.2) is 0 Å². The van der Waals surface area contributed by atoms with Crippen LogP contribution in [0.15, 0.2) is 18.2 Å². The van der Waals surface area contributed by atoms with Crippen LogP contribution in [0, 0.1) is 13.8 Å². The van der Waals surface area contributed by atoms with Crippen LogP contribution in [0.2, 0.25) is 0 Å². The third-order valence-electron chi connectivity index (χ3n) is 3.08. The van der Waals surface area contributed by atoms with E-state index in [1.807, 2.05) is 0 Å². The number of hydrogen-bond acceptors (Lipinski definition) is 1. The summed E-state index contributed by atoms with van der Waals surface area (Å²) in [6.45, 7) is 4.98. The second-order valence-corrected chi connectivity index (χ2v) is 4.87. The molecule has 114 valence electrons. The van der Waals surface area contributed by atoms with Gasteiger partial charge in [-0.3, -0.25) is 0 Å². The molecule has 0 fully saturated rings. The molecule has 0 aromatic heterocycles. The highest BCUT2D eigenvalue weighted by Crippen LogP contribution is 2.45. The fourth-order valence-electron chi connectivity index (χ4n) is 1.96. The van der Waals surface area contributed by atoms with Crippen LogP contribution in [0.1, 0.15) is 36.1 Å². The second-order valence-electron chi connectivity index (χ2n) is 4.87. The third kappa shape index (κ3) is 3.48. The van der Waals surface area contributed by atoms with Crippen LogP contribution in [-0.4, -0.2) is 18.6 Å². The Hall–Kier alpha value is -1.17. The number of halogens is 5. The maximum atomic E-state index is 13.7. The van der Waals surface area contributed by atoms with Crippen molar-refractivity contribution in [1.29, 1.82) is 0 Å². The molecule has 0 saturated carbocycles. The van der Waals surface area contributed by atoms with Crippen molar-refractivity contribution in [2.75, 3.05) is 6.54 Å². The monoisotopic (exact) mass is 295 g/mol. The molecule has 0 radical (unpaired) electrons. The van der Waals surface area contributed by atoms with Gasteiger partial charge in [0.2, 0.25) is 0 Å². The van der Waals surface area contributed by atoms with E-state index >= 15 is 0 Å². The quantitative estimate of drug-likeness (QED) is 0.786. The Labute approximate surface area is 115 Å². The van der Waals surface area contributed by atoms with Gasteiger partial charge in [0.15, 0.2) is 0 Å². The Kier molecular flexibility index (Phi) is 5.13. The van der Waals surface area contributed by atoms with Crippen molar-refractivity contribution in [2.45, 2.75) is 45.3 Å². The van der Waals surface area contributed by atoms with Crippen LogP contribution in [0.3, 0.4) is 0 Å². The minimum atomic E-state index is -5.59. The minimum Gasteiger partial charge on any atom is -0.305 e. The predicted octanol–water partition coefficient (Wildman–Crippen LogP) is 4.54. The lowest BCUT2D eigenvalue weighted by Crippen LogP contribution is -2.48. The lowest BCUT2D eigenvalue weighted by molar-refractivity contribution is -0.294. The van der Waals surface area contributed by atoms with Gasteiger partial charge in [0, 0.05) is 0 Å². The molecule has 0 saturated heterocycles. The van der Waals surface area contributed by atoms with Crippen molar-refractivity contribution in [3.8, 4) is 0 Å². The normalized spacial score (nSPS) is 14.4. The van der Waals surface area contributed by atoms with E-state index in [0.717, 1.165) is 0 Å². The Morgan fingerprint density at radius 3 is 2.20 bits per heavy atom. The fourth-order valence-corrected chi connectivity index (χ4v) is 1.96. The van der Waals surface area contributed by atoms with Crippen molar-refractivity contribution < 1.29 is 22.0 Å². The van der Waals surface area contributed by atoms with E-state index in [1.165, 1.54) is 13.0 Å². The maximum Gasteiger partial charge on any atom is 0.455 e. The van der Waals surface area contributed by atoms with Crippen molar-refractivity contribution >= 4 is 0 Å². The fraction of sp³-hybridized carbons (Fsp3) is 0.571. The zero-order valence-electron chi connectivity index (χ0n) is 11.6. The Balaban J connectivity index is 3.28. The first-order chi connectivity index (χ1) is 9.11. The van der Waals surface area contributed by atoms with Gasteiger partial charge < -0.3 is 5.32 Å². The van der Waals surface area contributed by atoms with E-state index in [0.29, 0.717) is 17.5 Å². The number of benzene rings is 1. The molecule has 0 spiro atoms. The predicted molar refractivity (Wildman–Crippen MR) is 68.0 cm³/mol. The Morgan fingerprint density at radius 1 is 1.10 bits per heavy atom. The largest absolute Gasteiger partial charge is 0.455 e. The van der Waals surface area contributed by atoms with Crippen molar-refractivity contribution in [1.82, 2.24) is 5.32 Å². The summed E-state index contributed by atoms with van der Waals surface area (Å²) in [5.41, 5.74) is 1.04. The molecule has 1 rings (SSSR count). The molecule has 1 N–H and O–H groups in total. The van der Waals surface area contributed by atoms with Crippen LogP contribution in [0.4, 0.5) is 22.0 Å². The summed E-state index contributed by atoms with van der Waals surface area (Å²) >= 11 is 0. The molecular weight excluding hydrogens is 277 g/mol. The maximum absolute atomic E-state index is 13.7. The summed E-state index contributed by atoms with van der Waals surface area (Å²) in [5.74, 6) is -4.82. The summed E-state index contributed by atoms with van der Waals surface area (Å²) in [7, 11) is 0. The van der Waals surface area contributed by atoms with E-state index in [-0.39, 0.29) is 12.1 Å². The van der Waals surface area contributed by atoms with Crippen LogP contribution >= 0.6 is 0 Å². The zero-order valence-corrected chi connectivity index (χ0v) is 11.6. The molecule has 0 heterocycles. The number of hydrogen-bond donors (Lipinski definition) is 1. The van der Waals surface area contributed by atoms with Crippen molar-refractivity contribution in [3.05, 3.63) is 34.9 Å². The average molecular weight is 295 g/mol. The summed E-state index contributed by atoms with van der Waals surface area (Å²) in [6.07, 6.45) is -5.12. The Bertz CT molecular complexity index is 453.